The van der Waals surface area contributed by atoms with Crippen molar-refractivity contribution >= 4 is 11.6 Å². The number of nitro groups is 1. The third-order valence-electron chi connectivity index (χ3n) is 3.62. The summed E-state index contributed by atoms with van der Waals surface area (Å²) in [6.45, 7) is 1.95. The summed E-state index contributed by atoms with van der Waals surface area (Å²) in [5.41, 5.74) is 1.24. The molecule has 0 radical (unpaired) electrons. The molecular formula is C17H15N5O3. The Kier molecular flexibility index (Phi) is 4.51. The Morgan fingerprint density at radius 3 is 2.48 bits per heavy atom. The minimum absolute atomic E-state index is 0.00929. The maximum absolute atomic E-state index is 12.1. The Morgan fingerprint density at radius 2 is 1.84 bits per heavy atom. The number of non-ortho nitro benzene ring substituents is 1. The van der Waals surface area contributed by atoms with E-state index in [1.165, 1.54) is 12.1 Å². The van der Waals surface area contributed by atoms with Crippen LogP contribution >= 0.6 is 0 Å². The third-order valence-corrected chi connectivity index (χ3v) is 3.62. The van der Waals surface area contributed by atoms with Gasteiger partial charge in [-0.1, -0.05) is 18.2 Å². The predicted molar refractivity (Wildman–Crippen MR) is 90.8 cm³/mol. The fourth-order valence-corrected chi connectivity index (χ4v) is 2.26. The first-order chi connectivity index (χ1) is 12.0. The molecule has 0 spiro atoms. The van der Waals surface area contributed by atoms with Gasteiger partial charge in [0.1, 0.15) is 12.5 Å². The molecule has 0 bridgehead atoms. The fourth-order valence-electron chi connectivity index (χ4n) is 2.26. The molecule has 8 nitrogen and oxygen atoms in total. The van der Waals surface area contributed by atoms with Crippen LogP contribution in [0.15, 0.2) is 54.6 Å². The highest BCUT2D eigenvalue weighted by Gasteiger charge is 2.12. The summed E-state index contributed by atoms with van der Waals surface area (Å²) < 4.78 is 1.57. The van der Waals surface area contributed by atoms with E-state index in [0.717, 1.165) is 0 Å². The quantitative estimate of drug-likeness (QED) is 0.569. The monoisotopic (exact) mass is 337 g/mol. The largest absolute Gasteiger partial charge is 0.333 e. The zero-order valence-electron chi connectivity index (χ0n) is 13.4. The van der Waals surface area contributed by atoms with Crippen LogP contribution in [0.1, 0.15) is 16.2 Å². The first kappa shape index (κ1) is 16.3. The number of nitro benzene ring substituents is 1. The van der Waals surface area contributed by atoms with Crippen molar-refractivity contribution in [2.24, 2.45) is 0 Å². The molecule has 1 N–H and O–H groups in total. The van der Waals surface area contributed by atoms with E-state index in [-0.39, 0.29) is 18.3 Å². The van der Waals surface area contributed by atoms with Crippen LogP contribution in [0.25, 0.3) is 11.4 Å². The molecular weight excluding hydrogens is 322 g/mol. The number of amides is 1. The molecule has 0 unspecified atom stereocenters. The van der Waals surface area contributed by atoms with Crippen molar-refractivity contribution in [2.45, 2.75) is 13.6 Å². The number of nitrogens with zero attached hydrogens (tertiary/aromatic N) is 4. The van der Waals surface area contributed by atoms with Crippen LogP contribution in [0, 0.1) is 17.0 Å². The molecule has 1 aromatic heterocycles. The topological polar surface area (TPSA) is 103 Å². The van der Waals surface area contributed by atoms with Crippen LogP contribution in [0.3, 0.4) is 0 Å². The molecule has 0 aliphatic carbocycles. The minimum atomic E-state index is -0.458. The van der Waals surface area contributed by atoms with Crippen LogP contribution in [0.4, 0.5) is 5.69 Å². The summed E-state index contributed by atoms with van der Waals surface area (Å²) in [5.74, 6) is 0.871. The Morgan fingerprint density at radius 1 is 1.16 bits per heavy atom. The van der Waals surface area contributed by atoms with Crippen molar-refractivity contribution in [2.75, 3.05) is 0 Å². The molecule has 0 atom stereocenters. The van der Waals surface area contributed by atoms with Gasteiger partial charge in [-0.15, -0.1) is 5.10 Å². The van der Waals surface area contributed by atoms with E-state index in [0.29, 0.717) is 22.8 Å². The summed E-state index contributed by atoms with van der Waals surface area (Å²) in [6.07, 6.45) is 0. The van der Waals surface area contributed by atoms with Crippen molar-refractivity contribution in [3.63, 3.8) is 0 Å². The van der Waals surface area contributed by atoms with Crippen molar-refractivity contribution in [3.05, 3.63) is 76.1 Å². The van der Waals surface area contributed by atoms with Crippen molar-refractivity contribution < 1.29 is 9.72 Å². The number of carbonyl (C=O) groups is 1. The van der Waals surface area contributed by atoms with E-state index in [1.807, 2.05) is 6.07 Å². The maximum Gasteiger partial charge on any atom is 0.269 e. The summed E-state index contributed by atoms with van der Waals surface area (Å²) in [5, 5.41) is 17.8. The first-order valence-corrected chi connectivity index (χ1v) is 7.54. The van der Waals surface area contributed by atoms with Gasteiger partial charge in [-0.05, 0) is 31.2 Å². The van der Waals surface area contributed by atoms with Crippen LogP contribution in [-0.2, 0) is 6.67 Å². The number of nitrogens with one attached hydrogen (secondary N) is 1. The molecule has 3 aromatic rings. The lowest BCUT2D eigenvalue weighted by molar-refractivity contribution is -0.384. The average molecular weight is 337 g/mol. The lowest BCUT2D eigenvalue weighted by atomic mass is 10.2. The number of hydrogen-bond acceptors (Lipinski definition) is 5. The van der Waals surface area contributed by atoms with Gasteiger partial charge < -0.3 is 5.32 Å². The zero-order valence-corrected chi connectivity index (χ0v) is 13.4. The molecule has 0 aliphatic heterocycles. The van der Waals surface area contributed by atoms with Gasteiger partial charge in [0.15, 0.2) is 5.82 Å². The van der Waals surface area contributed by atoms with E-state index >= 15 is 0 Å². The van der Waals surface area contributed by atoms with Crippen LogP contribution in [-0.4, -0.2) is 25.6 Å². The van der Waals surface area contributed by atoms with Crippen LogP contribution in [0.5, 0.6) is 0 Å². The van der Waals surface area contributed by atoms with E-state index in [9.17, 15) is 14.9 Å². The van der Waals surface area contributed by atoms with Crippen molar-refractivity contribution in [1.82, 2.24) is 20.1 Å². The Bertz CT molecular complexity index is 904. The summed E-state index contributed by atoms with van der Waals surface area (Å²) in [7, 11) is 0. The second-order valence-electron chi connectivity index (χ2n) is 5.32. The van der Waals surface area contributed by atoms with E-state index < -0.39 is 4.92 Å². The van der Waals surface area contributed by atoms with Crippen molar-refractivity contribution in [1.29, 1.82) is 0 Å². The zero-order chi connectivity index (χ0) is 17.8. The molecule has 126 valence electrons. The molecule has 1 amide bonds. The minimum Gasteiger partial charge on any atom is -0.333 e. The number of aryl methyl sites for hydroxylation is 1. The van der Waals surface area contributed by atoms with E-state index in [4.69, 9.17) is 0 Å². The van der Waals surface area contributed by atoms with Gasteiger partial charge in [0.25, 0.3) is 11.6 Å². The number of benzene rings is 2. The van der Waals surface area contributed by atoms with Gasteiger partial charge >= 0.3 is 0 Å². The second kappa shape index (κ2) is 6.91. The van der Waals surface area contributed by atoms with Gasteiger partial charge in [-0.3, -0.25) is 14.9 Å². The average Bonchev–Trinajstić information content (AvgIpc) is 3.01. The summed E-state index contributed by atoms with van der Waals surface area (Å²) >= 11 is 0. The number of rotatable bonds is 5. The second-order valence-corrected chi connectivity index (χ2v) is 5.32. The molecule has 0 saturated carbocycles. The third kappa shape index (κ3) is 3.69. The predicted octanol–water partition coefficient (Wildman–Crippen LogP) is 2.55. The number of hydrogen-bond donors (Lipinski definition) is 1. The molecule has 8 heteroatoms. The lowest BCUT2D eigenvalue weighted by Gasteiger charge is -2.06. The molecule has 0 fully saturated rings. The summed E-state index contributed by atoms with van der Waals surface area (Å²) in [6, 6.07) is 14.9. The van der Waals surface area contributed by atoms with Gasteiger partial charge in [0.2, 0.25) is 0 Å². The highest BCUT2D eigenvalue weighted by atomic mass is 16.6. The maximum atomic E-state index is 12.1. The molecule has 0 saturated heterocycles. The number of aromatic nitrogens is 3. The van der Waals surface area contributed by atoms with Gasteiger partial charge in [0.05, 0.1) is 4.92 Å². The van der Waals surface area contributed by atoms with Gasteiger partial charge in [-0.2, -0.15) is 0 Å². The smallest absolute Gasteiger partial charge is 0.269 e. The Balaban J connectivity index is 1.72. The van der Waals surface area contributed by atoms with E-state index in [2.05, 4.69) is 15.4 Å². The van der Waals surface area contributed by atoms with Crippen LogP contribution < -0.4 is 5.32 Å². The standard InChI is InChI=1S/C17H15N5O3/c1-12-19-16(13-7-9-15(10-8-13)22(24)25)20-21(12)11-18-17(23)14-5-3-2-4-6-14/h2-10H,11H2,1H3,(H,18,23). The summed E-state index contributed by atoms with van der Waals surface area (Å²) in [4.78, 5) is 26.7. The van der Waals surface area contributed by atoms with Crippen molar-refractivity contribution in [3.8, 4) is 11.4 Å². The highest BCUT2D eigenvalue weighted by molar-refractivity contribution is 5.93. The number of carbonyl (C=O) groups excluding carboxylic acids is 1. The first-order valence-electron chi connectivity index (χ1n) is 7.54. The molecule has 0 aliphatic rings. The SMILES string of the molecule is Cc1nc(-c2ccc([N+](=O)[O-])cc2)nn1CNC(=O)c1ccccc1. The van der Waals surface area contributed by atoms with Crippen LogP contribution in [0.2, 0.25) is 0 Å². The highest BCUT2D eigenvalue weighted by Crippen LogP contribution is 2.19. The lowest BCUT2D eigenvalue weighted by Crippen LogP contribution is -2.27. The molecule has 2 aromatic carbocycles. The fraction of sp³-hybridized carbons (Fsp3) is 0.118. The normalized spacial score (nSPS) is 10.4. The van der Waals surface area contributed by atoms with Gasteiger partial charge in [-0.25, -0.2) is 9.67 Å². The molecule has 1 heterocycles. The molecule has 25 heavy (non-hydrogen) atoms. The Labute approximate surface area is 143 Å². The molecule has 3 rings (SSSR count). The van der Waals surface area contributed by atoms with E-state index in [1.54, 1.807) is 48.0 Å². The van der Waals surface area contributed by atoms with Gasteiger partial charge in [0, 0.05) is 23.3 Å². The Hall–Kier alpha value is -3.55.